The third-order valence-corrected chi connectivity index (χ3v) is 4.89. The summed E-state index contributed by atoms with van der Waals surface area (Å²) in [5.74, 6) is 0. The molecule has 0 amide bonds. The Morgan fingerprint density at radius 3 is 2.04 bits per heavy atom. The van der Waals surface area contributed by atoms with Gasteiger partial charge in [-0.05, 0) is 49.8 Å². The molecule has 2 aromatic rings. The van der Waals surface area contributed by atoms with Gasteiger partial charge in [-0.1, -0.05) is 61.2 Å². The normalized spacial score (nSPS) is 18.9. The second-order valence-electron chi connectivity index (χ2n) is 7.04. The molecule has 3 heteroatoms. The number of hydrogen-bond acceptors (Lipinski definition) is 2. The summed E-state index contributed by atoms with van der Waals surface area (Å²) >= 11 is 0. The molecule has 0 aliphatic carbocycles. The van der Waals surface area contributed by atoms with Gasteiger partial charge in [0.2, 0.25) is 0 Å². The Kier molecular flexibility index (Phi) is 3.95. The molecule has 0 saturated carbocycles. The molecule has 2 nitrogen and oxygen atoms in total. The lowest BCUT2D eigenvalue weighted by Gasteiger charge is -2.32. The fourth-order valence-electron chi connectivity index (χ4n) is 2.66. The highest BCUT2D eigenvalue weighted by Crippen LogP contribution is 2.36. The summed E-state index contributed by atoms with van der Waals surface area (Å²) in [6.07, 6.45) is 1.85. The maximum Gasteiger partial charge on any atom is 0.494 e. The van der Waals surface area contributed by atoms with Gasteiger partial charge in [-0.25, -0.2) is 0 Å². The van der Waals surface area contributed by atoms with Crippen LogP contribution < -0.4 is 5.46 Å². The van der Waals surface area contributed by atoms with Crippen molar-refractivity contribution in [1.82, 2.24) is 0 Å². The van der Waals surface area contributed by atoms with Gasteiger partial charge in [0, 0.05) is 0 Å². The van der Waals surface area contributed by atoms with Crippen LogP contribution in [0, 0.1) is 0 Å². The second-order valence-corrected chi connectivity index (χ2v) is 7.04. The molecule has 0 bridgehead atoms. The van der Waals surface area contributed by atoms with E-state index in [2.05, 4.69) is 82.8 Å². The van der Waals surface area contributed by atoms with Crippen molar-refractivity contribution in [3.8, 4) is 11.1 Å². The predicted octanol–water partition coefficient (Wildman–Crippen LogP) is 4.30. The molecule has 0 spiro atoms. The first-order valence-corrected chi connectivity index (χ1v) is 8.01. The van der Waals surface area contributed by atoms with Crippen molar-refractivity contribution < 1.29 is 9.31 Å². The fraction of sp³-hybridized carbons (Fsp3) is 0.300. The van der Waals surface area contributed by atoms with E-state index >= 15 is 0 Å². The lowest BCUT2D eigenvalue weighted by molar-refractivity contribution is 0.00578. The summed E-state index contributed by atoms with van der Waals surface area (Å²) in [7, 11) is -0.326. The molecule has 1 aliphatic rings. The van der Waals surface area contributed by atoms with Gasteiger partial charge in [0.25, 0.3) is 0 Å². The van der Waals surface area contributed by atoms with E-state index in [0.717, 1.165) is 16.6 Å². The molecule has 118 valence electrons. The molecule has 0 aromatic heterocycles. The predicted molar refractivity (Wildman–Crippen MR) is 97.7 cm³/mol. The van der Waals surface area contributed by atoms with Gasteiger partial charge in [0.15, 0.2) is 0 Å². The first-order chi connectivity index (χ1) is 10.8. The largest absolute Gasteiger partial charge is 0.494 e. The standard InChI is InChI=1S/C20H23BO2/c1-6-15-10-12-16(13-11-15)17-8-7-9-18(14-17)21-22-19(2,3)20(4,5)23-21/h6-14H,1H2,2-5H3. The lowest BCUT2D eigenvalue weighted by atomic mass is 9.78. The molecule has 0 N–H and O–H groups in total. The summed E-state index contributed by atoms with van der Waals surface area (Å²) in [4.78, 5) is 0. The Bertz CT molecular complexity index is 701. The Hall–Kier alpha value is -1.84. The molecule has 3 rings (SSSR count). The third-order valence-electron chi connectivity index (χ3n) is 4.89. The lowest BCUT2D eigenvalue weighted by Crippen LogP contribution is -2.41. The smallest absolute Gasteiger partial charge is 0.399 e. The van der Waals surface area contributed by atoms with E-state index in [1.807, 2.05) is 6.08 Å². The van der Waals surface area contributed by atoms with Gasteiger partial charge in [-0.2, -0.15) is 0 Å². The van der Waals surface area contributed by atoms with Crippen LogP contribution >= 0.6 is 0 Å². The zero-order valence-corrected chi connectivity index (χ0v) is 14.3. The Balaban J connectivity index is 1.90. The van der Waals surface area contributed by atoms with Gasteiger partial charge >= 0.3 is 7.12 Å². The minimum Gasteiger partial charge on any atom is -0.399 e. The molecular weight excluding hydrogens is 283 g/mol. The van der Waals surface area contributed by atoms with Crippen LogP contribution in [-0.2, 0) is 9.31 Å². The van der Waals surface area contributed by atoms with E-state index in [0.29, 0.717) is 0 Å². The zero-order chi connectivity index (χ0) is 16.7. The van der Waals surface area contributed by atoms with Crippen LogP contribution in [0.5, 0.6) is 0 Å². The average molecular weight is 306 g/mol. The molecule has 0 atom stereocenters. The first-order valence-electron chi connectivity index (χ1n) is 8.01. The van der Waals surface area contributed by atoms with Crippen LogP contribution in [0.4, 0.5) is 0 Å². The van der Waals surface area contributed by atoms with Crippen molar-refractivity contribution in [3.63, 3.8) is 0 Å². The molecule has 0 unspecified atom stereocenters. The summed E-state index contributed by atoms with van der Waals surface area (Å²) in [6.45, 7) is 12.1. The van der Waals surface area contributed by atoms with Gasteiger partial charge in [-0.3, -0.25) is 0 Å². The van der Waals surface area contributed by atoms with Crippen molar-refractivity contribution >= 4 is 18.7 Å². The van der Waals surface area contributed by atoms with Gasteiger partial charge in [0.1, 0.15) is 0 Å². The van der Waals surface area contributed by atoms with Crippen molar-refractivity contribution in [1.29, 1.82) is 0 Å². The highest BCUT2D eigenvalue weighted by atomic mass is 16.7. The van der Waals surface area contributed by atoms with Crippen molar-refractivity contribution in [3.05, 3.63) is 60.7 Å². The third kappa shape index (κ3) is 2.99. The molecule has 1 fully saturated rings. The second kappa shape index (κ2) is 5.66. The van der Waals surface area contributed by atoms with E-state index in [1.54, 1.807) is 0 Å². The van der Waals surface area contributed by atoms with E-state index in [9.17, 15) is 0 Å². The van der Waals surface area contributed by atoms with Crippen molar-refractivity contribution in [2.75, 3.05) is 0 Å². The van der Waals surface area contributed by atoms with E-state index < -0.39 is 0 Å². The average Bonchev–Trinajstić information content (AvgIpc) is 2.76. The van der Waals surface area contributed by atoms with E-state index in [4.69, 9.17) is 9.31 Å². The van der Waals surface area contributed by atoms with Gasteiger partial charge < -0.3 is 9.31 Å². The first kappa shape index (κ1) is 16.0. The van der Waals surface area contributed by atoms with Crippen LogP contribution in [0.1, 0.15) is 33.3 Å². The summed E-state index contributed by atoms with van der Waals surface area (Å²) < 4.78 is 12.3. The summed E-state index contributed by atoms with van der Waals surface area (Å²) in [5.41, 5.74) is 3.87. The molecule has 1 aliphatic heterocycles. The number of rotatable bonds is 3. The Labute approximate surface area is 139 Å². The molecular formula is C20H23BO2. The van der Waals surface area contributed by atoms with Crippen LogP contribution in [0.25, 0.3) is 17.2 Å². The number of hydrogen-bond donors (Lipinski definition) is 0. The van der Waals surface area contributed by atoms with Gasteiger partial charge in [-0.15, -0.1) is 0 Å². The molecule has 1 saturated heterocycles. The highest BCUT2D eigenvalue weighted by molar-refractivity contribution is 6.62. The van der Waals surface area contributed by atoms with Crippen LogP contribution in [0.2, 0.25) is 0 Å². The van der Waals surface area contributed by atoms with Crippen molar-refractivity contribution in [2.24, 2.45) is 0 Å². The Morgan fingerprint density at radius 1 is 0.870 bits per heavy atom. The monoisotopic (exact) mass is 306 g/mol. The maximum atomic E-state index is 6.14. The van der Waals surface area contributed by atoms with Gasteiger partial charge in [0.05, 0.1) is 11.2 Å². The molecule has 2 aromatic carbocycles. The minimum atomic E-state index is -0.326. The molecule has 23 heavy (non-hydrogen) atoms. The van der Waals surface area contributed by atoms with E-state index in [1.165, 1.54) is 5.56 Å². The quantitative estimate of drug-likeness (QED) is 0.787. The molecule has 0 radical (unpaired) electrons. The van der Waals surface area contributed by atoms with Crippen molar-refractivity contribution in [2.45, 2.75) is 38.9 Å². The highest BCUT2D eigenvalue weighted by Gasteiger charge is 2.51. The van der Waals surface area contributed by atoms with Crippen LogP contribution in [0.3, 0.4) is 0 Å². The maximum absolute atomic E-state index is 6.14. The van der Waals surface area contributed by atoms with E-state index in [-0.39, 0.29) is 18.3 Å². The number of benzene rings is 2. The Morgan fingerprint density at radius 2 is 1.48 bits per heavy atom. The minimum absolute atomic E-state index is 0.320. The summed E-state index contributed by atoms with van der Waals surface area (Å²) in [5, 5.41) is 0. The SMILES string of the molecule is C=Cc1ccc(-c2cccc(B3OC(C)(C)C(C)(C)O3)c2)cc1. The van der Waals surface area contributed by atoms with Crippen LogP contribution in [-0.4, -0.2) is 18.3 Å². The van der Waals surface area contributed by atoms with Crippen LogP contribution in [0.15, 0.2) is 55.1 Å². The summed E-state index contributed by atoms with van der Waals surface area (Å²) in [6, 6.07) is 16.7. The topological polar surface area (TPSA) is 18.5 Å². The fourth-order valence-corrected chi connectivity index (χ4v) is 2.66. The molecule has 1 heterocycles. The zero-order valence-electron chi connectivity index (χ0n) is 14.3.